The Balaban J connectivity index is 1.39. The van der Waals surface area contributed by atoms with E-state index in [-0.39, 0.29) is 11.1 Å². The number of nitro groups is 1. The molecule has 2 aromatic heterocycles. The minimum absolute atomic E-state index is 0.0382. The molecule has 224 valence electrons. The molecule has 5 aromatic rings. The summed E-state index contributed by atoms with van der Waals surface area (Å²) in [6.07, 6.45) is 4.48. The average molecular weight is 630 g/mol. The molecule has 0 saturated carbocycles. The Bertz CT molecular complexity index is 1880. The van der Waals surface area contributed by atoms with Crippen molar-refractivity contribution >= 4 is 40.0 Å². The van der Waals surface area contributed by atoms with Crippen LogP contribution in [-0.4, -0.2) is 21.1 Å². The first-order valence-corrected chi connectivity index (χ1v) is 16.4. The summed E-state index contributed by atoms with van der Waals surface area (Å²) >= 11 is 2.89. The molecule has 0 amide bonds. The van der Waals surface area contributed by atoms with E-state index in [4.69, 9.17) is 15.0 Å². The fourth-order valence-electron chi connectivity index (χ4n) is 5.57. The number of thiophene rings is 1. The Hall–Kier alpha value is -4.65. The van der Waals surface area contributed by atoms with Gasteiger partial charge < -0.3 is 0 Å². The van der Waals surface area contributed by atoms with Crippen molar-refractivity contribution in [3.8, 4) is 28.6 Å². The van der Waals surface area contributed by atoms with Crippen molar-refractivity contribution in [2.24, 2.45) is 16.3 Å². The summed E-state index contributed by atoms with van der Waals surface area (Å²) in [6.45, 7) is 6.80. The van der Waals surface area contributed by atoms with Gasteiger partial charge in [0.05, 0.1) is 21.9 Å². The highest BCUT2D eigenvalue weighted by Gasteiger charge is 2.32. The van der Waals surface area contributed by atoms with E-state index in [1.807, 2.05) is 66.7 Å². The maximum atomic E-state index is 11.7. The molecule has 6 rings (SSSR count). The van der Waals surface area contributed by atoms with Crippen LogP contribution >= 0.6 is 23.1 Å². The molecule has 0 N–H and O–H groups in total. The number of nitro benzene ring substituents is 1. The lowest BCUT2D eigenvalue weighted by molar-refractivity contribution is -0.384. The molecule has 0 unspecified atom stereocenters. The van der Waals surface area contributed by atoms with Gasteiger partial charge in [-0.05, 0) is 60.1 Å². The third-order valence-corrected chi connectivity index (χ3v) is 10.3. The zero-order chi connectivity index (χ0) is 31.6. The van der Waals surface area contributed by atoms with E-state index >= 15 is 0 Å². The third-order valence-electron chi connectivity index (χ3n) is 8.15. The zero-order valence-corrected chi connectivity index (χ0v) is 26.9. The summed E-state index contributed by atoms with van der Waals surface area (Å²) in [4.78, 5) is 27.8. The number of non-ortho nitro benzene ring substituents is 1. The number of aromatic nitrogens is 2. The Morgan fingerprint density at radius 2 is 1.64 bits per heavy atom. The van der Waals surface area contributed by atoms with Crippen molar-refractivity contribution in [3.63, 3.8) is 0 Å². The fourth-order valence-corrected chi connectivity index (χ4v) is 7.64. The first-order valence-electron chi connectivity index (χ1n) is 14.7. The number of fused-ring (bicyclic) bond motifs is 1. The van der Waals surface area contributed by atoms with Gasteiger partial charge in [-0.25, -0.2) is 15.0 Å². The molecule has 0 radical (unpaired) electrons. The molecule has 45 heavy (non-hydrogen) atoms. The van der Waals surface area contributed by atoms with Gasteiger partial charge in [-0.2, -0.15) is 5.26 Å². The third kappa shape index (κ3) is 6.72. The van der Waals surface area contributed by atoms with Crippen molar-refractivity contribution in [2.45, 2.75) is 50.1 Å². The number of benzene rings is 3. The van der Waals surface area contributed by atoms with Gasteiger partial charge in [0.25, 0.3) is 5.69 Å². The van der Waals surface area contributed by atoms with Crippen molar-refractivity contribution in [3.05, 3.63) is 117 Å². The largest absolute Gasteiger partial charge is 0.270 e. The molecule has 1 aliphatic carbocycles. The first-order chi connectivity index (χ1) is 21.7. The Kier molecular flexibility index (Phi) is 8.61. The van der Waals surface area contributed by atoms with Gasteiger partial charge in [-0.1, -0.05) is 81.4 Å². The Morgan fingerprint density at radius 1 is 1.00 bits per heavy atom. The van der Waals surface area contributed by atoms with Crippen LogP contribution in [0.2, 0.25) is 0 Å². The van der Waals surface area contributed by atoms with E-state index in [1.54, 1.807) is 23.6 Å². The second-order valence-electron chi connectivity index (χ2n) is 12.1. The van der Waals surface area contributed by atoms with Crippen LogP contribution in [0.4, 0.5) is 10.7 Å². The van der Waals surface area contributed by atoms with E-state index < -0.39 is 4.92 Å². The topological polar surface area (TPSA) is 105 Å². The Labute approximate surface area is 270 Å². The smallest absolute Gasteiger partial charge is 0.258 e. The van der Waals surface area contributed by atoms with Gasteiger partial charge in [0.2, 0.25) is 0 Å². The molecule has 0 bridgehead atoms. The number of nitriles is 1. The monoisotopic (exact) mass is 629 g/mol. The molecular formula is C36H31N5O2S2. The number of hydrogen-bond acceptors (Lipinski definition) is 8. The number of rotatable bonds is 7. The van der Waals surface area contributed by atoms with Gasteiger partial charge in [0.1, 0.15) is 11.1 Å². The minimum atomic E-state index is -0.414. The van der Waals surface area contributed by atoms with E-state index in [0.717, 1.165) is 52.2 Å². The van der Waals surface area contributed by atoms with Gasteiger partial charge in [-0.15, -0.1) is 11.3 Å². The van der Waals surface area contributed by atoms with Gasteiger partial charge in [0.15, 0.2) is 5.16 Å². The van der Waals surface area contributed by atoms with E-state index in [9.17, 15) is 15.4 Å². The molecule has 2 heterocycles. The van der Waals surface area contributed by atoms with Crippen LogP contribution in [0.1, 0.15) is 48.8 Å². The SMILES string of the molecule is CC(C)(C)[C@@H]1CCc2c(sc(N=Cc3cc([N+](=O)[O-])ccc3Sc3nc(-c4ccccc4)cc(-c4ccccc4)n3)c2C#N)C1. The highest BCUT2D eigenvalue weighted by atomic mass is 32.2. The summed E-state index contributed by atoms with van der Waals surface area (Å²) in [5.41, 5.74) is 5.91. The van der Waals surface area contributed by atoms with Crippen LogP contribution in [0.3, 0.4) is 0 Å². The molecule has 0 saturated heterocycles. The maximum Gasteiger partial charge on any atom is 0.270 e. The van der Waals surface area contributed by atoms with Crippen LogP contribution in [-0.2, 0) is 12.8 Å². The van der Waals surface area contributed by atoms with E-state index in [2.05, 4.69) is 26.8 Å². The average Bonchev–Trinajstić information content (AvgIpc) is 3.41. The summed E-state index contributed by atoms with van der Waals surface area (Å²) in [7, 11) is 0. The molecular weight excluding hydrogens is 599 g/mol. The minimum Gasteiger partial charge on any atom is -0.258 e. The highest BCUT2D eigenvalue weighted by Crippen LogP contribution is 2.45. The van der Waals surface area contributed by atoms with Gasteiger partial charge >= 0.3 is 0 Å². The maximum absolute atomic E-state index is 11.7. The molecule has 1 atom stereocenters. The molecule has 9 heteroatoms. The van der Waals surface area contributed by atoms with Crippen LogP contribution in [0.25, 0.3) is 22.5 Å². The lowest BCUT2D eigenvalue weighted by Gasteiger charge is -2.33. The molecule has 7 nitrogen and oxygen atoms in total. The molecule has 1 aliphatic rings. The van der Waals surface area contributed by atoms with Crippen molar-refractivity contribution in [2.75, 3.05) is 0 Å². The molecule has 3 aromatic carbocycles. The van der Waals surface area contributed by atoms with E-state index in [1.165, 1.54) is 28.8 Å². The summed E-state index contributed by atoms with van der Waals surface area (Å²) < 4.78 is 0. The zero-order valence-electron chi connectivity index (χ0n) is 25.2. The van der Waals surface area contributed by atoms with Crippen LogP contribution < -0.4 is 0 Å². The van der Waals surface area contributed by atoms with Crippen molar-refractivity contribution in [1.82, 2.24) is 9.97 Å². The molecule has 0 spiro atoms. The van der Waals surface area contributed by atoms with Crippen molar-refractivity contribution in [1.29, 1.82) is 5.26 Å². The predicted octanol–water partition coefficient (Wildman–Crippen LogP) is 9.70. The summed E-state index contributed by atoms with van der Waals surface area (Å²) in [5.74, 6) is 0.541. The van der Waals surface area contributed by atoms with E-state index in [0.29, 0.717) is 27.2 Å². The van der Waals surface area contributed by atoms with Crippen LogP contribution in [0.5, 0.6) is 0 Å². The standard InChI is InChI=1S/C36H31N5O2S2/c1-36(2,3)26-14-16-28-29(21-37)34(44-33(28)19-26)38-22-25-18-27(41(42)43)15-17-32(25)45-35-39-30(23-10-6-4-7-11-23)20-31(40-35)24-12-8-5-9-13-24/h4-13,15,17-18,20,22,26H,14,16,19H2,1-3H3/t26-/m1/s1. The van der Waals surface area contributed by atoms with Crippen molar-refractivity contribution < 1.29 is 4.92 Å². The Morgan fingerprint density at radius 3 is 2.22 bits per heavy atom. The number of nitrogens with zero attached hydrogens (tertiary/aromatic N) is 5. The molecule has 0 fully saturated rings. The normalized spacial score (nSPS) is 14.7. The second-order valence-corrected chi connectivity index (χ2v) is 14.2. The lowest BCUT2D eigenvalue weighted by atomic mass is 9.72. The second kappa shape index (κ2) is 12.8. The van der Waals surface area contributed by atoms with Gasteiger partial charge in [0, 0.05) is 44.8 Å². The quantitative estimate of drug-likeness (QED) is 0.0768. The first kappa shape index (κ1) is 30.4. The summed E-state index contributed by atoms with van der Waals surface area (Å²) in [5, 5.41) is 23.0. The van der Waals surface area contributed by atoms with Gasteiger partial charge in [-0.3, -0.25) is 10.1 Å². The number of hydrogen-bond donors (Lipinski definition) is 0. The predicted molar refractivity (Wildman–Crippen MR) is 181 cm³/mol. The van der Waals surface area contributed by atoms with Crippen LogP contribution in [0, 0.1) is 32.8 Å². The molecule has 0 aliphatic heterocycles. The number of aliphatic imine (C=N–C) groups is 1. The lowest BCUT2D eigenvalue weighted by Crippen LogP contribution is -2.26. The fraction of sp³-hybridized carbons (Fsp3) is 0.222. The summed E-state index contributed by atoms with van der Waals surface area (Å²) in [6, 6.07) is 28.9. The van der Waals surface area contributed by atoms with Crippen LogP contribution in [0.15, 0.2) is 100.0 Å². The highest BCUT2D eigenvalue weighted by molar-refractivity contribution is 7.99.